The second kappa shape index (κ2) is 5.93. The number of ether oxygens (including phenoxy) is 1. The molecule has 2 N–H and O–H groups in total. The number of halogens is 1. The molecule has 4 heteroatoms. The van der Waals surface area contributed by atoms with E-state index in [9.17, 15) is 0 Å². The Hall–Kier alpha value is -1.74. The first-order valence-electron chi connectivity index (χ1n) is 6.20. The fourth-order valence-corrected chi connectivity index (χ4v) is 1.93. The van der Waals surface area contributed by atoms with Crippen molar-refractivity contribution < 1.29 is 4.74 Å². The molecule has 1 aromatic carbocycles. The summed E-state index contributed by atoms with van der Waals surface area (Å²) in [4.78, 5) is 4.54. The Morgan fingerprint density at radius 1 is 1.26 bits per heavy atom. The van der Waals surface area contributed by atoms with E-state index in [2.05, 4.69) is 18.8 Å². The van der Waals surface area contributed by atoms with E-state index in [1.807, 2.05) is 18.2 Å². The quantitative estimate of drug-likeness (QED) is 0.858. The fourth-order valence-electron chi connectivity index (χ4n) is 1.69. The van der Waals surface area contributed by atoms with Crippen molar-refractivity contribution in [2.75, 3.05) is 5.73 Å². The molecule has 100 valence electrons. The third-order valence-electron chi connectivity index (χ3n) is 2.75. The molecule has 0 saturated carbocycles. The van der Waals surface area contributed by atoms with E-state index >= 15 is 0 Å². The Morgan fingerprint density at radius 3 is 2.74 bits per heavy atom. The van der Waals surface area contributed by atoms with Gasteiger partial charge in [0.2, 0.25) is 0 Å². The number of benzene rings is 1. The first kappa shape index (κ1) is 13.7. The van der Waals surface area contributed by atoms with Crippen LogP contribution in [0.25, 0.3) is 0 Å². The van der Waals surface area contributed by atoms with E-state index in [1.165, 1.54) is 0 Å². The highest BCUT2D eigenvalue weighted by Gasteiger charge is 2.05. The lowest BCUT2D eigenvalue weighted by Crippen LogP contribution is -2.02. The number of rotatable bonds is 4. The molecule has 3 nitrogen and oxygen atoms in total. The largest absolute Gasteiger partial charge is 0.486 e. The molecule has 0 unspecified atom stereocenters. The highest BCUT2D eigenvalue weighted by atomic mass is 35.5. The zero-order valence-electron chi connectivity index (χ0n) is 11.1. The van der Waals surface area contributed by atoms with Crippen LogP contribution in [-0.2, 0) is 6.61 Å². The van der Waals surface area contributed by atoms with E-state index in [0.29, 0.717) is 29.0 Å². The third-order valence-corrected chi connectivity index (χ3v) is 3.05. The second-order valence-electron chi connectivity index (χ2n) is 4.69. The zero-order chi connectivity index (χ0) is 13.8. The van der Waals surface area contributed by atoms with Gasteiger partial charge in [-0.25, -0.2) is 0 Å². The molecule has 0 bridgehead atoms. The molecule has 19 heavy (non-hydrogen) atoms. The second-order valence-corrected chi connectivity index (χ2v) is 5.09. The smallest absolute Gasteiger partial charge is 0.138 e. The van der Waals surface area contributed by atoms with Gasteiger partial charge in [0.25, 0.3) is 0 Å². The van der Waals surface area contributed by atoms with Crippen molar-refractivity contribution in [3.05, 3.63) is 52.8 Å². The van der Waals surface area contributed by atoms with Gasteiger partial charge < -0.3 is 10.5 Å². The molecule has 0 fully saturated rings. The minimum Gasteiger partial charge on any atom is -0.486 e. The number of nitrogens with two attached hydrogens (primary N) is 1. The topological polar surface area (TPSA) is 48.1 Å². The molecule has 1 aromatic heterocycles. The molecule has 2 aromatic rings. The average molecular weight is 277 g/mol. The SMILES string of the molecule is CC(C)c1cccc(COc2ccc(N)cc2Cl)n1. The van der Waals surface area contributed by atoms with Crippen LogP contribution in [0.1, 0.15) is 31.2 Å². The van der Waals surface area contributed by atoms with E-state index < -0.39 is 0 Å². The number of aromatic nitrogens is 1. The van der Waals surface area contributed by atoms with Crippen molar-refractivity contribution in [1.82, 2.24) is 4.98 Å². The number of nitrogen functional groups attached to an aromatic ring is 1. The summed E-state index contributed by atoms with van der Waals surface area (Å²) in [6.45, 7) is 4.62. The minimum atomic E-state index is 0.393. The maximum absolute atomic E-state index is 6.05. The van der Waals surface area contributed by atoms with Crippen LogP contribution in [0.5, 0.6) is 5.75 Å². The lowest BCUT2D eigenvalue weighted by molar-refractivity contribution is 0.301. The maximum Gasteiger partial charge on any atom is 0.138 e. The Morgan fingerprint density at radius 2 is 2.05 bits per heavy atom. The number of nitrogens with zero attached hydrogens (tertiary/aromatic N) is 1. The first-order chi connectivity index (χ1) is 9.06. The van der Waals surface area contributed by atoms with Crippen LogP contribution < -0.4 is 10.5 Å². The third kappa shape index (κ3) is 3.61. The minimum absolute atomic E-state index is 0.393. The summed E-state index contributed by atoms with van der Waals surface area (Å²) in [7, 11) is 0. The number of anilines is 1. The summed E-state index contributed by atoms with van der Waals surface area (Å²) >= 11 is 6.05. The molecule has 0 atom stereocenters. The van der Waals surface area contributed by atoms with Crippen molar-refractivity contribution >= 4 is 17.3 Å². The molecule has 0 aliphatic heterocycles. The normalized spacial score (nSPS) is 10.7. The Bertz CT molecular complexity index is 570. The van der Waals surface area contributed by atoms with E-state index in [-0.39, 0.29) is 0 Å². The maximum atomic E-state index is 6.05. The van der Waals surface area contributed by atoms with Crippen LogP contribution in [0.2, 0.25) is 5.02 Å². The summed E-state index contributed by atoms with van der Waals surface area (Å²) in [5.41, 5.74) is 8.21. The Labute approximate surface area is 118 Å². The summed E-state index contributed by atoms with van der Waals surface area (Å²) in [5, 5.41) is 0.514. The molecule has 0 amide bonds. The Kier molecular flexibility index (Phi) is 4.27. The van der Waals surface area contributed by atoms with Crippen LogP contribution in [0.15, 0.2) is 36.4 Å². The Balaban J connectivity index is 2.08. The lowest BCUT2D eigenvalue weighted by Gasteiger charge is -2.10. The van der Waals surface area contributed by atoms with Gasteiger partial charge in [-0.05, 0) is 36.2 Å². The number of hydrogen-bond acceptors (Lipinski definition) is 3. The monoisotopic (exact) mass is 276 g/mol. The molecular weight excluding hydrogens is 260 g/mol. The van der Waals surface area contributed by atoms with E-state index in [0.717, 1.165) is 11.4 Å². The standard InChI is InChI=1S/C15H17ClN2O/c1-10(2)14-5-3-4-12(18-14)9-19-15-7-6-11(17)8-13(15)16/h3-8,10H,9,17H2,1-2H3. The van der Waals surface area contributed by atoms with Gasteiger partial charge >= 0.3 is 0 Å². The van der Waals surface area contributed by atoms with Gasteiger partial charge in [0.05, 0.1) is 10.7 Å². The van der Waals surface area contributed by atoms with Crippen LogP contribution in [0, 0.1) is 0 Å². The number of pyridine rings is 1. The molecule has 2 rings (SSSR count). The predicted molar refractivity (Wildman–Crippen MR) is 78.5 cm³/mol. The van der Waals surface area contributed by atoms with Crippen molar-refractivity contribution in [3.63, 3.8) is 0 Å². The molecular formula is C15H17ClN2O. The molecule has 0 saturated heterocycles. The van der Waals surface area contributed by atoms with Crippen molar-refractivity contribution in [2.24, 2.45) is 0 Å². The average Bonchev–Trinajstić information content (AvgIpc) is 2.38. The molecule has 0 radical (unpaired) electrons. The van der Waals surface area contributed by atoms with E-state index in [1.54, 1.807) is 18.2 Å². The molecule has 0 spiro atoms. The van der Waals surface area contributed by atoms with Gasteiger partial charge in [-0.2, -0.15) is 0 Å². The van der Waals surface area contributed by atoms with Gasteiger partial charge in [-0.3, -0.25) is 4.98 Å². The number of hydrogen-bond donors (Lipinski definition) is 1. The molecule has 1 heterocycles. The van der Waals surface area contributed by atoms with Gasteiger partial charge in [0, 0.05) is 11.4 Å². The first-order valence-corrected chi connectivity index (χ1v) is 6.57. The van der Waals surface area contributed by atoms with Crippen molar-refractivity contribution in [2.45, 2.75) is 26.4 Å². The predicted octanol–water partition coefficient (Wildman–Crippen LogP) is 4.02. The fraction of sp³-hybridized carbons (Fsp3) is 0.267. The van der Waals surface area contributed by atoms with Crippen LogP contribution in [-0.4, -0.2) is 4.98 Å². The van der Waals surface area contributed by atoms with Gasteiger partial charge in [-0.15, -0.1) is 0 Å². The highest BCUT2D eigenvalue weighted by Crippen LogP contribution is 2.27. The van der Waals surface area contributed by atoms with Gasteiger partial charge in [0.1, 0.15) is 12.4 Å². The summed E-state index contributed by atoms with van der Waals surface area (Å²) < 4.78 is 5.66. The lowest BCUT2D eigenvalue weighted by atomic mass is 10.1. The summed E-state index contributed by atoms with van der Waals surface area (Å²) in [6, 6.07) is 11.2. The van der Waals surface area contributed by atoms with Gasteiger partial charge in [0.15, 0.2) is 0 Å². The van der Waals surface area contributed by atoms with Crippen LogP contribution in [0.3, 0.4) is 0 Å². The zero-order valence-corrected chi connectivity index (χ0v) is 11.8. The van der Waals surface area contributed by atoms with Crippen molar-refractivity contribution in [3.8, 4) is 5.75 Å². The highest BCUT2D eigenvalue weighted by molar-refractivity contribution is 6.32. The van der Waals surface area contributed by atoms with Gasteiger partial charge in [-0.1, -0.05) is 31.5 Å². The van der Waals surface area contributed by atoms with Crippen molar-refractivity contribution in [1.29, 1.82) is 0 Å². The summed E-state index contributed by atoms with van der Waals surface area (Å²) in [6.07, 6.45) is 0. The summed E-state index contributed by atoms with van der Waals surface area (Å²) in [5.74, 6) is 1.02. The van der Waals surface area contributed by atoms with E-state index in [4.69, 9.17) is 22.1 Å². The molecule has 0 aliphatic carbocycles. The van der Waals surface area contributed by atoms with Crippen LogP contribution in [0.4, 0.5) is 5.69 Å². The van der Waals surface area contributed by atoms with Crippen LogP contribution >= 0.6 is 11.6 Å². The molecule has 0 aliphatic rings.